The van der Waals surface area contributed by atoms with Gasteiger partial charge < -0.3 is 10.2 Å². The number of aromatic nitrogens is 2. The fraction of sp³-hybridized carbons (Fsp3) is 0.148. The monoisotopic (exact) mass is 476 g/mol. The van der Waals surface area contributed by atoms with Gasteiger partial charge in [-0.25, -0.2) is 14.4 Å². The number of benzene rings is 3. The summed E-state index contributed by atoms with van der Waals surface area (Å²) < 4.78 is 14.8. The van der Waals surface area contributed by atoms with Crippen LogP contribution in [0.4, 0.5) is 16.0 Å². The van der Waals surface area contributed by atoms with Gasteiger partial charge in [0, 0.05) is 36.5 Å². The summed E-state index contributed by atoms with van der Waals surface area (Å²) in [5, 5.41) is 3.69. The highest BCUT2D eigenvalue weighted by atomic mass is 35.5. The lowest BCUT2D eigenvalue weighted by Gasteiger charge is -2.27. The van der Waals surface area contributed by atoms with Crippen molar-refractivity contribution in [3.8, 4) is 11.3 Å². The first-order chi connectivity index (χ1) is 16.4. The number of carbonyl (C=O) groups excluding carboxylic acids is 1. The highest BCUT2D eigenvalue weighted by molar-refractivity contribution is 6.30. The maximum atomic E-state index is 14.8. The molecule has 7 heteroatoms. The number of nitrogens with zero attached hydrogens (tertiary/aromatic N) is 3. The lowest BCUT2D eigenvalue weighted by Crippen LogP contribution is -2.37. The first-order valence-corrected chi connectivity index (χ1v) is 11.3. The molecule has 0 radical (unpaired) electrons. The second-order valence-electron chi connectivity index (χ2n) is 8.08. The second-order valence-corrected chi connectivity index (χ2v) is 8.52. The largest absolute Gasteiger partial charge is 0.332 e. The van der Waals surface area contributed by atoms with Gasteiger partial charge in [0.25, 0.3) is 5.91 Å². The molecule has 1 heterocycles. The molecule has 0 spiro atoms. The van der Waals surface area contributed by atoms with Gasteiger partial charge in [0.15, 0.2) is 0 Å². The van der Waals surface area contributed by atoms with Gasteiger partial charge >= 0.3 is 0 Å². The van der Waals surface area contributed by atoms with Crippen molar-refractivity contribution in [2.24, 2.45) is 0 Å². The Balaban J connectivity index is 0.00000342. The van der Waals surface area contributed by atoms with Crippen molar-refractivity contribution in [3.05, 3.63) is 107 Å². The van der Waals surface area contributed by atoms with Crippen LogP contribution in [0.3, 0.4) is 0 Å². The van der Waals surface area contributed by atoms with Crippen LogP contribution < -0.4 is 5.32 Å². The van der Waals surface area contributed by atoms with E-state index in [0.717, 1.165) is 11.3 Å². The Morgan fingerprint density at radius 1 is 1.03 bits per heavy atom. The fourth-order valence-electron chi connectivity index (χ4n) is 3.54. The Kier molecular flexibility index (Phi) is 7.18. The predicted octanol–water partition coefficient (Wildman–Crippen LogP) is 6.98. The SMILES string of the molecule is CC(C)N(Cc1ccccc1)C(=O)c1cnc(Nc2ccc(Cl)cc2)nc1-c1ccccc1F.[HH]. The van der Waals surface area contributed by atoms with Gasteiger partial charge in [-0.2, -0.15) is 0 Å². The minimum atomic E-state index is -0.466. The highest BCUT2D eigenvalue weighted by Crippen LogP contribution is 2.28. The average Bonchev–Trinajstić information content (AvgIpc) is 2.84. The Hall–Kier alpha value is -3.77. The summed E-state index contributed by atoms with van der Waals surface area (Å²) in [6.45, 7) is 4.31. The molecule has 0 aliphatic heterocycles. The van der Waals surface area contributed by atoms with Crippen molar-refractivity contribution in [2.45, 2.75) is 26.4 Å². The lowest BCUT2D eigenvalue weighted by atomic mass is 10.0. The molecular weight excluding hydrogens is 451 g/mol. The zero-order chi connectivity index (χ0) is 24.1. The fourth-order valence-corrected chi connectivity index (χ4v) is 3.67. The van der Waals surface area contributed by atoms with E-state index in [0.29, 0.717) is 11.6 Å². The van der Waals surface area contributed by atoms with Crippen LogP contribution in [0.25, 0.3) is 11.3 Å². The van der Waals surface area contributed by atoms with Gasteiger partial charge in [0.2, 0.25) is 5.95 Å². The van der Waals surface area contributed by atoms with E-state index in [-0.39, 0.29) is 36.1 Å². The van der Waals surface area contributed by atoms with E-state index in [2.05, 4.69) is 15.3 Å². The standard InChI is InChI=1S/C27H24ClFN4O.H2/c1-18(2)33(17-19-8-4-3-5-9-19)26(34)23-16-30-27(31-21-14-12-20(28)13-15-21)32-25(23)22-10-6-7-11-24(22)29;/h3-16,18H,17H2,1-2H3,(H,30,31,32);1H. The molecule has 0 unspecified atom stereocenters. The van der Waals surface area contributed by atoms with Gasteiger partial charge in [-0.1, -0.05) is 54.1 Å². The number of anilines is 2. The molecule has 0 fully saturated rings. The van der Waals surface area contributed by atoms with Crippen LogP contribution in [-0.2, 0) is 6.54 Å². The Morgan fingerprint density at radius 2 is 1.71 bits per heavy atom. The van der Waals surface area contributed by atoms with Crippen LogP contribution in [0.2, 0.25) is 5.02 Å². The highest BCUT2D eigenvalue weighted by Gasteiger charge is 2.25. The minimum Gasteiger partial charge on any atom is -0.332 e. The molecular formula is C27H26ClFN4O. The number of carbonyl (C=O) groups is 1. The van der Waals surface area contributed by atoms with E-state index in [9.17, 15) is 9.18 Å². The van der Waals surface area contributed by atoms with Crippen LogP contribution in [0.15, 0.2) is 85.1 Å². The molecule has 3 aromatic carbocycles. The van der Waals surface area contributed by atoms with Gasteiger partial charge in [0.1, 0.15) is 5.82 Å². The van der Waals surface area contributed by atoms with Crippen LogP contribution in [0.5, 0.6) is 0 Å². The average molecular weight is 477 g/mol. The summed E-state index contributed by atoms with van der Waals surface area (Å²) in [5.41, 5.74) is 2.41. The molecule has 174 valence electrons. The van der Waals surface area contributed by atoms with E-state index in [4.69, 9.17) is 11.6 Å². The molecule has 5 nitrogen and oxygen atoms in total. The number of nitrogens with one attached hydrogen (secondary N) is 1. The number of rotatable bonds is 7. The normalized spacial score (nSPS) is 10.9. The second kappa shape index (κ2) is 10.4. The Bertz CT molecular complexity index is 1290. The molecule has 0 aliphatic carbocycles. The number of amides is 1. The van der Waals surface area contributed by atoms with Crippen molar-refractivity contribution in [1.29, 1.82) is 0 Å². The molecule has 4 aromatic rings. The third-order valence-corrected chi connectivity index (χ3v) is 5.58. The van der Waals surface area contributed by atoms with E-state index in [1.54, 1.807) is 47.4 Å². The third-order valence-electron chi connectivity index (χ3n) is 5.33. The zero-order valence-corrected chi connectivity index (χ0v) is 19.6. The number of hydrogen-bond acceptors (Lipinski definition) is 4. The maximum absolute atomic E-state index is 14.8. The minimum absolute atomic E-state index is 0. The first kappa shape index (κ1) is 23.4. The topological polar surface area (TPSA) is 58.1 Å². The third kappa shape index (κ3) is 5.41. The Morgan fingerprint density at radius 3 is 2.38 bits per heavy atom. The molecule has 0 bridgehead atoms. The summed E-state index contributed by atoms with van der Waals surface area (Å²) in [5.74, 6) is -0.488. The van der Waals surface area contributed by atoms with Crippen LogP contribution in [0.1, 0.15) is 31.2 Å². The van der Waals surface area contributed by atoms with Crippen molar-refractivity contribution < 1.29 is 10.6 Å². The summed E-state index contributed by atoms with van der Waals surface area (Å²) >= 11 is 5.96. The quantitative estimate of drug-likeness (QED) is 0.312. The molecule has 4 rings (SSSR count). The summed E-state index contributed by atoms with van der Waals surface area (Å²) in [6.07, 6.45) is 1.45. The summed E-state index contributed by atoms with van der Waals surface area (Å²) in [7, 11) is 0. The first-order valence-electron chi connectivity index (χ1n) is 10.9. The summed E-state index contributed by atoms with van der Waals surface area (Å²) in [4.78, 5) is 24.3. The van der Waals surface area contributed by atoms with Crippen LogP contribution in [-0.4, -0.2) is 26.8 Å². The van der Waals surface area contributed by atoms with E-state index >= 15 is 0 Å². The van der Waals surface area contributed by atoms with Crippen molar-refractivity contribution in [2.75, 3.05) is 5.32 Å². The summed E-state index contributed by atoms with van der Waals surface area (Å²) in [6, 6.07) is 23.0. The molecule has 1 N–H and O–H groups in total. The predicted molar refractivity (Wildman–Crippen MR) is 136 cm³/mol. The molecule has 1 amide bonds. The van der Waals surface area contributed by atoms with Gasteiger partial charge in [-0.15, -0.1) is 0 Å². The zero-order valence-electron chi connectivity index (χ0n) is 18.9. The molecule has 0 saturated carbocycles. The van der Waals surface area contributed by atoms with E-state index in [1.165, 1.54) is 12.3 Å². The van der Waals surface area contributed by atoms with Gasteiger partial charge in [-0.05, 0) is 55.8 Å². The van der Waals surface area contributed by atoms with E-state index in [1.807, 2.05) is 44.2 Å². The van der Waals surface area contributed by atoms with Crippen LogP contribution in [0, 0.1) is 5.82 Å². The Labute approximate surface area is 204 Å². The van der Waals surface area contributed by atoms with E-state index < -0.39 is 5.82 Å². The number of hydrogen-bond donors (Lipinski definition) is 1. The van der Waals surface area contributed by atoms with Crippen LogP contribution >= 0.6 is 11.6 Å². The van der Waals surface area contributed by atoms with Crippen molar-refractivity contribution in [1.82, 2.24) is 14.9 Å². The molecule has 0 aliphatic rings. The smallest absolute Gasteiger partial charge is 0.258 e. The lowest BCUT2D eigenvalue weighted by molar-refractivity contribution is 0.0690. The van der Waals surface area contributed by atoms with Crippen molar-refractivity contribution in [3.63, 3.8) is 0 Å². The number of halogens is 2. The van der Waals surface area contributed by atoms with Gasteiger partial charge in [-0.3, -0.25) is 4.79 Å². The van der Waals surface area contributed by atoms with Crippen molar-refractivity contribution >= 4 is 29.1 Å². The molecule has 1 aromatic heterocycles. The maximum Gasteiger partial charge on any atom is 0.258 e. The molecule has 0 saturated heterocycles. The molecule has 0 atom stereocenters. The molecule has 34 heavy (non-hydrogen) atoms. The van der Waals surface area contributed by atoms with Gasteiger partial charge in [0.05, 0.1) is 11.3 Å².